The summed E-state index contributed by atoms with van der Waals surface area (Å²) in [5.41, 5.74) is 2.69. The minimum absolute atomic E-state index is 0.0489. The monoisotopic (exact) mass is 528 g/mol. The van der Waals surface area contributed by atoms with E-state index >= 15 is 0 Å². The number of carbonyl (C=O) groups is 1. The van der Waals surface area contributed by atoms with Crippen LogP contribution in [-0.4, -0.2) is 41.9 Å². The number of carbonyl (C=O) groups excluding carboxylic acids is 1. The molecule has 1 N–H and O–H groups in total. The van der Waals surface area contributed by atoms with Crippen LogP contribution in [0.15, 0.2) is 41.6 Å². The molecule has 1 aliphatic carbocycles. The first kappa shape index (κ1) is 24.5. The highest BCUT2D eigenvalue weighted by Gasteiger charge is 2.43. The zero-order chi connectivity index (χ0) is 25.8. The Morgan fingerprint density at radius 3 is 2.33 bits per heavy atom. The summed E-state index contributed by atoms with van der Waals surface area (Å²) in [6.07, 6.45) is 1.11. The number of nitrogens with zero attached hydrogens (tertiary/aromatic N) is 3. The molecule has 0 bridgehead atoms. The van der Waals surface area contributed by atoms with Gasteiger partial charge in [0.25, 0.3) is 0 Å². The number of halogens is 2. The quantitative estimate of drug-likeness (QED) is 0.438. The molecule has 3 aromatic rings. The van der Waals surface area contributed by atoms with Gasteiger partial charge in [-0.1, -0.05) is 37.0 Å². The Labute approximate surface area is 219 Å². The van der Waals surface area contributed by atoms with Crippen molar-refractivity contribution in [2.24, 2.45) is 5.41 Å². The molecule has 1 aromatic heterocycles. The van der Waals surface area contributed by atoms with E-state index in [-0.39, 0.29) is 11.2 Å². The third kappa shape index (κ3) is 4.08. The lowest BCUT2D eigenvalue weighted by molar-refractivity contribution is -0.118. The first-order valence-corrected chi connectivity index (χ1v) is 12.2. The minimum atomic E-state index is -0.585. The molecule has 1 aliphatic heterocycles. The molecule has 36 heavy (non-hydrogen) atoms. The van der Waals surface area contributed by atoms with Crippen molar-refractivity contribution in [2.75, 3.05) is 26.6 Å². The van der Waals surface area contributed by atoms with Gasteiger partial charge in [-0.2, -0.15) is 4.98 Å². The molecule has 0 radical (unpaired) electrons. The van der Waals surface area contributed by atoms with Crippen molar-refractivity contribution < 1.29 is 19.0 Å². The zero-order valence-electron chi connectivity index (χ0n) is 20.6. The van der Waals surface area contributed by atoms with Gasteiger partial charge < -0.3 is 19.5 Å². The molecule has 0 fully saturated rings. The molecule has 1 unspecified atom stereocenters. The molecule has 8 nitrogen and oxygen atoms in total. The summed E-state index contributed by atoms with van der Waals surface area (Å²) < 4.78 is 18.5. The van der Waals surface area contributed by atoms with Crippen LogP contribution in [0.1, 0.15) is 38.3 Å². The van der Waals surface area contributed by atoms with Gasteiger partial charge in [-0.05, 0) is 36.1 Å². The highest BCUT2D eigenvalue weighted by molar-refractivity contribution is 6.42. The summed E-state index contributed by atoms with van der Waals surface area (Å²) in [4.78, 5) is 18.3. The molecule has 5 rings (SSSR count). The lowest BCUT2D eigenvalue weighted by Crippen LogP contribution is -2.36. The number of aromatic nitrogens is 3. The number of rotatable bonds is 5. The lowest BCUT2D eigenvalue weighted by Gasteiger charge is -2.38. The standard InChI is InChI=1S/C26H26Cl2N4O4/c1-26(2)11-17-22(18(33)12-26)23(14-9-20(35-4)21(36-5)10-19(14)34-3)32-25(29-17)30-24(31-32)13-6-7-15(27)16(28)8-13/h6-10,23H,11-12H2,1-5H3,(H,29,30,31). The van der Waals surface area contributed by atoms with Crippen molar-refractivity contribution in [3.05, 3.63) is 57.2 Å². The maximum absolute atomic E-state index is 13.6. The van der Waals surface area contributed by atoms with E-state index < -0.39 is 6.04 Å². The van der Waals surface area contributed by atoms with Gasteiger partial charge in [-0.3, -0.25) is 4.79 Å². The smallest absolute Gasteiger partial charge is 0.226 e. The minimum Gasteiger partial charge on any atom is -0.496 e. The Bertz CT molecular complexity index is 1410. The van der Waals surface area contributed by atoms with Crippen LogP contribution in [0.5, 0.6) is 17.2 Å². The molecule has 0 spiro atoms. The number of ether oxygens (including phenoxy) is 3. The number of hydrogen-bond donors (Lipinski definition) is 1. The maximum atomic E-state index is 13.6. The van der Waals surface area contributed by atoms with E-state index in [0.717, 1.165) is 5.70 Å². The van der Waals surface area contributed by atoms with Crippen molar-refractivity contribution in [3.8, 4) is 28.6 Å². The van der Waals surface area contributed by atoms with Crippen molar-refractivity contribution in [1.29, 1.82) is 0 Å². The average molecular weight is 529 g/mol. The van der Waals surface area contributed by atoms with Crippen LogP contribution < -0.4 is 19.5 Å². The first-order valence-electron chi connectivity index (χ1n) is 11.4. The van der Waals surface area contributed by atoms with Gasteiger partial charge in [0.2, 0.25) is 5.95 Å². The van der Waals surface area contributed by atoms with Gasteiger partial charge in [-0.25, -0.2) is 4.68 Å². The molecule has 0 saturated heterocycles. The first-order chi connectivity index (χ1) is 17.2. The van der Waals surface area contributed by atoms with Crippen molar-refractivity contribution in [3.63, 3.8) is 0 Å². The van der Waals surface area contributed by atoms with Crippen molar-refractivity contribution in [1.82, 2.24) is 14.8 Å². The number of Topliss-reactive ketones (excluding diaryl/α,β-unsaturated/α-hetero) is 1. The number of fused-ring (bicyclic) bond motifs is 1. The Balaban J connectivity index is 1.74. The van der Waals surface area contributed by atoms with Crippen molar-refractivity contribution >= 4 is 34.9 Å². The molecule has 2 heterocycles. The Kier molecular flexibility index (Phi) is 6.12. The van der Waals surface area contributed by atoms with Crippen LogP contribution in [-0.2, 0) is 4.79 Å². The van der Waals surface area contributed by atoms with E-state index in [1.165, 1.54) is 0 Å². The van der Waals surface area contributed by atoms with E-state index in [1.54, 1.807) is 44.2 Å². The Hall–Kier alpha value is -3.23. The van der Waals surface area contributed by atoms with E-state index in [4.69, 9.17) is 47.5 Å². The predicted octanol–water partition coefficient (Wildman–Crippen LogP) is 5.94. The molecular formula is C26H26Cl2N4O4. The van der Waals surface area contributed by atoms with Crippen LogP contribution in [0.2, 0.25) is 10.0 Å². The largest absolute Gasteiger partial charge is 0.496 e. The van der Waals surface area contributed by atoms with E-state index in [2.05, 4.69) is 19.2 Å². The Morgan fingerprint density at radius 2 is 1.67 bits per heavy atom. The van der Waals surface area contributed by atoms with Crippen LogP contribution in [0.25, 0.3) is 11.4 Å². The fourth-order valence-electron chi connectivity index (χ4n) is 4.92. The number of anilines is 1. The third-order valence-electron chi connectivity index (χ3n) is 6.54. The van der Waals surface area contributed by atoms with E-state index in [9.17, 15) is 4.79 Å². The highest BCUT2D eigenvalue weighted by atomic mass is 35.5. The second kappa shape index (κ2) is 9.01. The fourth-order valence-corrected chi connectivity index (χ4v) is 5.22. The maximum Gasteiger partial charge on any atom is 0.226 e. The van der Waals surface area contributed by atoms with Crippen LogP contribution >= 0.6 is 23.2 Å². The van der Waals surface area contributed by atoms with Gasteiger partial charge >= 0.3 is 0 Å². The number of benzene rings is 2. The molecule has 2 aromatic carbocycles. The second-order valence-corrected chi connectivity index (χ2v) is 10.5. The number of ketones is 1. The average Bonchev–Trinajstić information content (AvgIpc) is 3.26. The second-order valence-electron chi connectivity index (χ2n) is 9.64. The highest BCUT2D eigenvalue weighted by Crippen LogP contribution is 2.49. The topological polar surface area (TPSA) is 87.5 Å². The van der Waals surface area contributed by atoms with Gasteiger partial charge in [0.15, 0.2) is 23.1 Å². The zero-order valence-corrected chi connectivity index (χ0v) is 22.1. The molecule has 0 saturated carbocycles. The summed E-state index contributed by atoms with van der Waals surface area (Å²) in [5, 5.41) is 9.04. The molecule has 0 amide bonds. The van der Waals surface area contributed by atoms with Gasteiger partial charge in [0.05, 0.1) is 31.4 Å². The van der Waals surface area contributed by atoms with Crippen LogP contribution in [0.3, 0.4) is 0 Å². The lowest BCUT2D eigenvalue weighted by atomic mass is 9.73. The number of hydrogen-bond acceptors (Lipinski definition) is 7. The van der Waals surface area contributed by atoms with Gasteiger partial charge in [0, 0.05) is 34.9 Å². The molecular weight excluding hydrogens is 503 g/mol. The SMILES string of the molecule is COc1cc(OC)c(C2C3=C(CC(C)(C)CC3=O)Nc3nc(-c4ccc(Cl)c(Cl)c4)nn32)cc1OC. The molecule has 1 atom stereocenters. The molecule has 10 heteroatoms. The molecule has 2 aliphatic rings. The summed E-state index contributed by atoms with van der Waals surface area (Å²) in [6, 6.07) is 8.23. The van der Waals surface area contributed by atoms with Crippen LogP contribution in [0.4, 0.5) is 5.95 Å². The summed E-state index contributed by atoms with van der Waals surface area (Å²) in [7, 11) is 4.71. The number of methoxy groups -OCH3 is 3. The van der Waals surface area contributed by atoms with Gasteiger partial charge in [0.1, 0.15) is 11.8 Å². The normalized spacial score (nSPS) is 18.3. The van der Waals surface area contributed by atoms with E-state index in [0.29, 0.717) is 68.6 Å². The predicted molar refractivity (Wildman–Crippen MR) is 138 cm³/mol. The number of allylic oxidation sites excluding steroid dienone is 2. The Morgan fingerprint density at radius 1 is 0.972 bits per heavy atom. The van der Waals surface area contributed by atoms with Crippen molar-refractivity contribution in [2.45, 2.75) is 32.7 Å². The van der Waals surface area contributed by atoms with Crippen LogP contribution in [0, 0.1) is 5.41 Å². The van der Waals surface area contributed by atoms with E-state index in [1.807, 2.05) is 12.1 Å². The van der Waals surface area contributed by atoms with Gasteiger partial charge in [-0.15, -0.1) is 5.10 Å². The summed E-state index contributed by atoms with van der Waals surface area (Å²) in [5.74, 6) is 2.60. The fraction of sp³-hybridized carbons (Fsp3) is 0.346. The summed E-state index contributed by atoms with van der Waals surface area (Å²) >= 11 is 12.4. The third-order valence-corrected chi connectivity index (χ3v) is 7.28. The number of nitrogens with one attached hydrogen (secondary N) is 1. The summed E-state index contributed by atoms with van der Waals surface area (Å²) in [6.45, 7) is 4.17. The molecule has 188 valence electrons.